The van der Waals surface area contributed by atoms with Crippen molar-refractivity contribution in [3.63, 3.8) is 0 Å². The van der Waals surface area contributed by atoms with Gasteiger partial charge in [0, 0.05) is 26.1 Å². The van der Waals surface area contributed by atoms with Crippen LogP contribution >= 0.6 is 0 Å². The van der Waals surface area contributed by atoms with Crippen LogP contribution in [0.1, 0.15) is 38.5 Å². The minimum Gasteiger partial charge on any atom is -0.370 e. The Labute approximate surface area is 120 Å². The molecule has 0 spiro atoms. The molecular formula is C15H25N3O2. The van der Waals surface area contributed by atoms with Gasteiger partial charge in [0.15, 0.2) is 0 Å². The maximum absolute atomic E-state index is 12.1. The number of likely N-dealkylation sites (tertiary alicyclic amines) is 1. The van der Waals surface area contributed by atoms with E-state index < -0.39 is 0 Å². The fourth-order valence-corrected chi connectivity index (χ4v) is 3.01. The number of nitrogens with two attached hydrogens (primary N) is 1. The Morgan fingerprint density at radius 3 is 2.50 bits per heavy atom. The normalized spacial score (nSPS) is 23.6. The summed E-state index contributed by atoms with van der Waals surface area (Å²) in [5, 5.41) is 3.04. The van der Waals surface area contributed by atoms with Crippen LogP contribution < -0.4 is 11.1 Å². The molecule has 0 saturated carbocycles. The molecule has 112 valence electrons. The average molecular weight is 279 g/mol. The molecule has 1 aliphatic carbocycles. The first-order valence-corrected chi connectivity index (χ1v) is 7.61. The van der Waals surface area contributed by atoms with Gasteiger partial charge in [0.1, 0.15) is 0 Å². The van der Waals surface area contributed by atoms with E-state index >= 15 is 0 Å². The summed E-state index contributed by atoms with van der Waals surface area (Å²) in [6.45, 7) is 2.23. The van der Waals surface area contributed by atoms with E-state index in [1.165, 1.54) is 0 Å². The van der Waals surface area contributed by atoms with Gasteiger partial charge in [0.05, 0.1) is 0 Å². The van der Waals surface area contributed by atoms with Crippen LogP contribution in [0.4, 0.5) is 4.79 Å². The molecule has 2 aliphatic rings. The molecule has 5 nitrogen and oxygen atoms in total. The molecule has 3 amide bonds. The Kier molecular flexibility index (Phi) is 5.44. The third-order valence-electron chi connectivity index (χ3n) is 4.31. The number of hydrogen-bond donors (Lipinski definition) is 2. The number of piperidine rings is 1. The Morgan fingerprint density at radius 2 is 1.90 bits per heavy atom. The van der Waals surface area contributed by atoms with E-state index in [9.17, 15) is 9.59 Å². The second-order valence-corrected chi connectivity index (χ2v) is 5.94. The first-order valence-electron chi connectivity index (χ1n) is 7.61. The second kappa shape index (κ2) is 7.31. The molecule has 5 heteroatoms. The number of allylic oxidation sites excluding steroid dienone is 2. The van der Waals surface area contributed by atoms with Gasteiger partial charge in [-0.1, -0.05) is 12.2 Å². The SMILES string of the molecule is NC(=O)CC1CCN(C(=O)NCC2CC=CCC2)CC1. The molecule has 1 fully saturated rings. The van der Waals surface area contributed by atoms with Crippen LogP contribution in [0.25, 0.3) is 0 Å². The van der Waals surface area contributed by atoms with Gasteiger partial charge in [-0.2, -0.15) is 0 Å². The summed E-state index contributed by atoms with van der Waals surface area (Å²) < 4.78 is 0. The van der Waals surface area contributed by atoms with E-state index in [0.29, 0.717) is 18.3 Å². The molecule has 1 aliphatic heterocycles. The van der Waals surface area contributed by atoms with Crippen LogP contribution in [0.2, 0.25) is 0 Å². The highest BCUT2D eigenvalue weighted by Crippen LogP contribution is 2.20. The minimum absolute atomic E-state index is 0.0390. The van der Waals surface area contributed by atoms with Gasteiger partial charge in [-0.3, -0.25) is 4.79 Å². The molecule has 3 N–H and O–H groups in total. The smallest absolute Gasteiger partial charge is 0.317 e. The fourth-order valence-electron chi connectivity index (χ4n) is 3.01. The Bertz CT molecular complexity index is 373. The molecule has 0 radical (unpaired) electrons. The van der Waals surface area contributed by atoms with Crippen molar-refractivity contribution in [2.75, 3.05) is 19.6 Å². The molecule has 2 rings (SSSR count). The number of hydrogen-bond acceptors (Lipinski definition) is 2. The lowest BCUT2D eigenvalue weighted by Crippen LogP contribution is -2.46. The highest BCUT2D eigenvalue weighted by atomic mass is 16.2. The zero-order chi connectivity index (χ0) is 14.4. The maximum atomic E-state index is 12.1. The van der Waals surface area contributed by atoms with Crippen molar-refractivity contribution in [2.24, 2.45) is 17.6 Å². The molecule has 1 unspecified atom stereocenters. The summed E-state index contributed by atoms with van der Waals surface area (Å²) in [4.78, 5) is 24.8. The molecule has 0 bridgehead atoms. The standard InChI is InChI=1S/C15H25N3O2/c16-14(19)10-12-6-8-18(9-7-12)15(20)17-11-13-4-2-1-3-5-13/h1-2,12-13H,3-11H2,(H2,16,19)(H,17,20). The van der Waals surface area contributed by atoms with Crippen molar-refractivity contribution in [1.82, 2.24) is 10.2 Å². The lowest BCUT2D eigenvalue weighted by Gasteiger charge is -2.32. The van der Waals surface area contributed by atoms with E-state index in [0.717, 1.165) is 51.7 Å². The predicted molar refractivity (Wildman–Crippen MR) is 78.0 cm³/mol. The Morgan fingerprint density at radius 1 is 1.15 bits per heavy atom. The number of urea groups is 1. The number of nitrogens with one attached hydrogen (secondary N) is 1. The zero-order valence-corrected chi connectivity index (χ0v) is 12.0. The Balaban J connectivity index is 1.66. The number of amides is 3. The van der Waals surface area contributed by atoms with Gasteiger partial charge in [0.2, 0.25) is 5.91 Å². The summed E-state index contributed by atoms with van der Waals surface area (Å²) in [5.41, 5.74) is 5.21. The van der Waals surface area contributed by atoms with Crippen molar-refractivity contribution in [2.45, 2.75) is 38.5 Å². The van der Waals surface area contributed by atoms with Crippen molar-refractivity contribution in [3.8, 4) is 0 Å². The quantitative estimate of drug-likeness (QED) is 0.768. The molecule has 0 aromatic heterocycles. The molecule has 1 atom stereocenters. The van der Waals surface area contributed by atoms with Gasteiger partial charge in [-0.25, -0.2) is 4.79 Å². The highest BCUT2D eigenvalue weighted by Gasteiger charge is 2.24. The first kappa shape index (κ1) is 14.9. The summed E-state index contributed by atoms with van der Waals surface area (Å²) >= 11 is 0. The molecule has 0 aromatic rings. The lowest BCUT2D eigenvalue weighted by atomic mass is 9.93. The molecule has 20 heavy (non-hydrogen) atoms. The lowest BCUT2D eigenvalue weighted by molar-refractivity contribution is -0.119. The van der Waals surface area contributed by atoms with Crippen molar-refractivity contribution < 1.29 is 9.59 Å². The van der Waals surface area contributed by atoms with E-state index in [4.69, 9.17) is 5.73 Å². The molecule has 1 saturated heterocycles. The van der Waals surface area contributed by atoms with Gasteiger partial charge in [-0.15, -0.1) is 0 Å². The first-order chi connectivity index (χ1) is 9.65. The van der Waals surface area contributed by atoms with Crippen LogP contribution in [0.15, 0.2) is 12.2 Å². The molecule has 0 aromatic carbocycles. The summed E-state index contributed by atoms with van der Waals surface area (Å²) in [5.74, 6) is 0.689. The third kappa shape index (κ3) is 4.54. The average Bonchev–Trinajstić information content (AvgIpc) is 2.46. The summed E-state index contributed by atoms with van der Waals surface area (Å²) in [6.07, 6.45) is 9.98. The molecular weight excluding hydrogens is 254 g/mol. The Hall–Kier alpha value is -1.52. The van der Waals surface area contributed by atoms with Crippen LogP contribution in [0, 0.1) is 11.8 Å². The molecule has 1 heterocycles. The maximum Gasteiger partial charge on any atom is 0.317 e. The summed E-state index contributed by atoms with van der Waals surface area (Å²) in [6, 6.07) is 0.0390. The number of carbonyl (C=O) groups excluding carboxylic acids is 2. The van der Waals surface area contributed by atoms with E-state index in [1.54, 1.807) is 0 Å². The largest absolute Gasteiger partial charge is 0.370 e. The topological polar surface area (TPSA) is 75.4 Å². The van der Waals surface area contributed by atoms with Crippen molar-refractivity contribution >= 4 is 11.9 Å². The number of nitrogens with zero attached hydrogens (tertiary/aromatic N) is 1. The van der Waals surface area contributed by atoms with Crippen molar-refractivity contribution in [3.05, 3.63) is 12.2 Å². The van der Waals surface area contributed by atoms with Crippen LogP contribution in [-0.2, 0) is 4.79 Å². The second-order valence-electron chi connectivity index (χ2n) is 5.94. The monoisotopic (exact) mass is 279 g/mol. The number of rotatable bonds is 4. The van der Waals surface area contributed by atoms with Gasteiger partial charge in [-0.05, 0) is 43.9 Å². The van der Waals surface area contributed by atoms with Gasteiger partial charge in [0.25, 0.3) is 0 Å². The van der Waals surface area contributed by atoms with Gasteiger partial charge < -0.3 is 16.0 Å². The van der Waals surface area contributed by atoms with Crippen LogP contribution in [-0.4, -0.2) is 36.5 Å². The van der Waals surface area contributed by atoms with Crippen LogP contribution in [0.5, 0.6) is 0 Å². The fraction of sp³-hybridized carbons (Fsp3) is 0.733. The van der Waals surface area contributed by atoms with E-state index in [-0.39, 0.29) is 11.9 Å². The highest BCUT2D eigenvalue weighted by molar-refractivity contribution is 5.75. The van der Waals surface area contributed by atoms with E-state index in [2.05, 4.69) is 17.5 Å². The predicted octanol–water partition coefficient (Wildman–Crippen LogP) is 1.64. The number of primary amides is 1. The van der Waals surface area contributed by atoms with Gasteiger partial charge >= 0.3 is 6.03 Å². The summed E-state index contributed by atoms with van der Waals surface area (Å²) in [7, 11) is 0. The number of carbonyl (C=O) groups is 2. The van der Waals surface area contributed by atoms with Crippen molar-refractivity contribution in [1.29, 1.82) is 0 Å². The zero-order valence-electron chi connectivity index (χ0n) is 12.0. The third-order valence-corrected chi connectivity index (χ3v) is 4.31. The van der Waals surface area contributed by atoms with E-state index in [1.807, 2.05) is 4.90 Å². The van der Waals surface area contributed by atoms with Crippen LogP contribution in [0.3, 0.4) is 0 Å². The minimum atomic E-state index is -0.238.